The third-order valence-corrected chi connectivity index (χ3v) is 5.84. The molecule has 1 saturated heterocycles. The summed E-state index contributed by atoms with van der Waals surface area (Å²) >= 11 is 0. The maximum atomic E-state index is 15.2. The minimum absolute atomic E-state index is 0.0761. The molecule has 0 bridgehead atoms. The van der Waals surface area contributed by atoms with E-state index in [4.69, 9.17) is 23.7 Å². The highest BCUT2D eigenvalue weighted by molar-refractivity contribution is 5.66. The molecule has 1 aliphatic rings. The topological polar surface area (TPSA) is 63.2 Å². The normalized spacial score (nSPS) is 23.8. The van der Waals surface area contributed by atoms with Crippen LogP contribution in [0, 0.1) is 0 Å². The Hall–Kier alpha value is -3.10. The molecule has 0 N–H and O–H groups in total. The van der Waals surface area contributed by atoms with Crippen LogP contribution >= 0.6 is 0 Å². The second-order valence-electron chi connectivity index (χ2n) is 8.62. The van der Waals surface area contributed by atoms with Gasteiger partial charge in [-0.15, -0.1) is 0 Å². The van der Waals surface area contributed by atoms with Crippen molar-refractivity contribution in [2.45, 2.75) is 57.5 Å². The summed E-state index contributed by atoms with van der Waals surface area (Å²) in [6.07, 6.45) is -5.61. The average Bonchev–Trinajstić information content (AvgIpc) is 2.90. The monoisotopic (exact) mass is 494 g/mol. The van der Waals surface area contributed by atoms with E-state index in [2.05, 4.69) is 0 Å². The Morgan fingerprint density at radius 1 is 0.722 bits per heavy atom. The zero-order valence-corrected chi connectivity index (χ0v) is 20.2. The summed E-state index contributed by atoms with van der Waals surface area (Å²) in [5, 5.41) is 0. The molecule has 0 spiro atoms. The summed E-state index contributed by atoms with van der Waals surface area (Å²) in [5.74, 6) is -0.625. The Balaban J connectivity index is 1.53. The zero-order chi connectivity index (χ0) is 25.2. The lowest BCUT2D eigenvalue weighted by Crippen LogP contribution is -2.60. The van der Waals surface area contributed by atoms with E-state index < -0.39 is 36.7 Å². The number of carbonyl (C=O) groups is 1. The highest BCUT2D eigenvalue weighted by Crippen LogP contribution is 2.31. The molecule has 1 fully saturated rings. The number of hydrogen-bond acceptors (Lipinski definition) is 6. The van der Waals surface area contributed by atoms with Crippen LogP contribution in [0.15, 0.2) is 91.0 Å². The van der Waals surface area contributed by atoms with Crippen molar-refractivity contribution in [2.24, 2.45) is 0 Å². The first-order valence-electron chi connectivity index (χ1n) is 12.0. The molecule has 36 heavy (non-hydrogen) atoms. The van der Waals surface area contributed by atoms with Crippen molar-refractivity contribution in [2.75, 3.05) is 6.61 Å². The Morgan fingerprint density at radius 2 is 1.19 bits per heavy atom. The highest BCUT2D eigenvalue weighted by Gasteiger charge is 2.50. The molecule has 1 heterocycles. The van der Waals surface area contributed by atoms with Crippen molar-refractivity contribution in [3.8, 4) is 0 Å². The van der Waals surface area contributed by atoms with Gasteiger partial charge in [0, 0.05) is 6.92 Å². The summed E-state index contributed by atoms with van der Waals surface area (Å²) < 4.78 is 44.5. The van der Waals surface area contributed by atoms with Crippen LogP contribution in [0.5, 0.6) is 0 Å². The van der Waals surface area contributed by atoms with Crippen LogP contribution < -0.4 is 0 Å². The largest absolute Gasteiger partial charge is 0.454 e. The Kier molecular flexibility index (Phi) is 9.58. The van der Waals surface area contributed by atoms with E-state index in [-0.39, 0.29) is 19.8 Å². The van der Waals surface area contributed by atoms with Crippen LogP contribution in [0.25, 0.3) is 0 Å². The minimum atomic E-state index is -1.89. The van der Waals surface area contributed by atoms with Crippen LogP contribution in [-0.2, 0) is 48.3 Å². The molecular weight excluding hydrogens is 463 g/mol. The number of ether oxygens (including phenoxy) is 5. The predicted molar refractivity (Wildman–Crippen MR) is 131 cm³/mol. The van der Waals surface area contributed by atoms with Gasteiger partial charge in [0.2, 0.25) is 6.36 Å². The van der Waals surface area contributed by atoms with Crippen LogP contribution in [0.3, 0.4) is 0 Å². The standard InChI is InChI=1S/C29H31FO6/c1-21(31)35-28-27(34-19-24-15-9-4-10-16-24)26(33-18-23-13-7-3-8-14-23)25(36-29(28)30)20-32-17-22-11-5-2-6-12-22/h2-16,25-29H,17-20H2,1H3/t25-,26-,27+,28-,29+/m1/s1. The van der Waals surface area contributed by atoms with Gasteiger partial charge in [0.1, 0.15) is 18.3 Å². The van der Waals surface area contributed by atoms with Crippen LogP contribution in [-0.4, -0.2) is 43.3 Å². The summed E-state index contributed by atoms with van der Waals surface area (Å²) in [4.78, 5) is 11.8. The molecule has 4 rings (SSSR count). The molecule has 5 atom stereocenters. The maximum absolute atomic E-state index is 15.2. The molecule has 3 aromatic rings. The number of rotatable bonds is 11. The second-order valence-corrected chi connectivity index (χ2v) is 8.62. The molecule has 0 unspecified atom stereocenters. The van der Waals surface area contributed by atoms with Gasteiger partial charge in [0.15, 0.2) is 6.10 Å². The van der Waals surface area contributed by atoms with E-state index in [1.807, 2.05) is 91.0 Å². The summed E-state index contributed by atoms with van der Waals surface area (Å²) in [6, 6.07) is 28.8. The van der Waals surface area contributed by atoms with Crippen molar-refractivity contribution in [3.05, 3.63) is 108 Å². The third kappa shape index (κ3) is 7.45. The van der Waals surface area contributed by atoms with Gasteiger partial charge in [-0.05, 0) is 16.7 Å². The van der Waals surface area contributed by atoms with E-state index in [1.165, 1.54) is 6.92 Å². The van der Waals surface area contributed by atoms with Crippen LogP contribution in [0.2, 0.25) is 0 Å². The maximum Gasteiger partial charge on any atom is 0.303 e. The van der Waals surface area contributed by atoms with Gasteiger partial charge < -0.3 is 23.7 Å². The lowest BCUT2D eigenvalue weighted by Gasteiger charge is -2.43. The number of carbonyl (C=O) groups excluding carboxylic acids is 1. The minimum Gasteiger partial charge on any atom is -0.454 e. The molecule has 0 aromatic heterocycles. The van der Waals surface area contributed by atoms with Crippen LogP contribution in [0.4, 0.5) is 4.39 Å². The van der Waals surface area contributed by atoms with Crippen molar-refractivity contribution >= 4 is 5.97 Å². The zero-order valence-electron chi connectivity index (χ0n) is 20.2. The number of alkyl halides is 1. The first-order valence-corrected chi connectivity index (χ1v) is 12.0. The molecule has 3 aromatic carbocycles. The van der Waals surface area contributed by atoms with Crippen molar-refractivity contribution in [3.63, 3.8) is 0 Å². The predicted octanol–water partition coefficient (Wildman–Crippen LogP) is 5.00. The van der Waals surface area contributed by atoms with E-state index in [9.17, 15) is 4.79 Å². The Bertz CT molecular complexity index is 1050. The SMILES string of the molecule is CC(=O)O[C@@H]1[C@@H](OCc2ccccc2)[C@H](OCc2ccccc2)[C@@H](COCc2ccccc2)O[C@@H]1F. The average molecular weight is 495 g/mol. The first kappa shape index (κ1) is 26.0. The van der Waals surface area contributed by atoms with Gasteiger partial charge in [-0.3, -0.25) is 4.79 Å². The van der Waals surface area contributed by atoms with E-state index in [0.29, 0.717) is 6.61 Å². The second kappa shape index (κ2) is 13.3. The van der Waals surface area contributed by atoms with Crippen molar-refractivity contribution < 1.29 is 32.9 Å². The fourth-order valence-corrected chi connectivity index (χ4v) is 4.11. The van der Waals surface area contributed by atoms with E-state index in [0.717, 1.165) is 16.7 Å². The molecule has 190 valence electrons. The quantitative estimate of drug-likeness (QED) is 0.350. The molecule has 0 aliphatic carbocycles. The smallest absolute Gasteiger partial charge is 0.303 e. The molecular formula is C29H31FO6. The van der Waals surface area contributed by atoms with Gasteiger partial charge in [0.05, 0.1) is 26.4 Å². The Morgan fingerprint density at radius 3 is 1.69 bits per heavy atom. The van der Waals surface area contributed by atoms with E-state index >= 15 is 4.39 Å². The van der Waals surface area contributed by atoms with Crippen molar-refractivity contribution in [1.29, 1.82) is 0 Å². The number of benzene rings is 3. The molecule has 7 heteroatoms. The number of esters is 1. The number of halogens is 1. The molecule has 0 saturated carbocycles. The molecule has 6 nitrogen and oxygen atoms in total. The molecule has 0 amide bonds. The molecule has 1 aliphatic heterocycles. The fraction of sp³-hybridized carbons (Fsp3) is 0.345. The first-order chi connectivity index (χ1) is 17.6. The van der Waals surface area contributed by atoms with Gasteiger partial charge in [-0.1, -0.05) is 91.0 Å². The highest BCUT2D eigenvalue weighted by atomic mass is 19.1. The van der Waals surface area contributed by atoms with Gasteiger partial charge in [-0.2, -0.15) is 0 Å². The summed E-state index contributed by atoms with van der Waals surface area (Å²) in [6.45, 7) is 2.09. The van der Waals surface area contributed by atoms with Gasteiger partial charge in [-0.25, -0.2) is 4.39 Å². The van der Waals surface area contributed by atoms with E-state index in [1.54, 1.807) is 0 Å². The van der Waals surface area contributed by atoms with Gasteiger partial charge in [0.25, 0.3) is 0 Å². The summed E-state index contributed by atoms with van der Waals surface area (Å²) in [5.41, 5.74) is 2.83. The molecule has 0 radical (unpaired) electrons. The Labute approximate surface area is 210 Å². The number of hydrogen-bond donors (Lipinski definition) is 0. The fourth-order valence-electron chi connectivity index (χ4n) is 4.11. The lowest BCUT2D eigenvalue weighted by atomic mass is 9.98. The summed E-state index contributed by atoms with van der Waals surface area (Å²) in [7, 11) is 0. The van der Waals surface area contributed by atoms with Crippen LogP contribution in [0.1, 0.15) is 23.6 Å². The van der Waals surface area contributed by atoms with Crippen molar-refractivity contribution in [1.82, 2.24) is 0 Å². The van der Waals surface area contributed by atoms with Gasteiger partial charge >= 0.3 is 5.97 Å². The third-order valence-electron chi connectivity index (χ3n) is 5.84. The lowest BCUT2D eigenvalue weighted by molar-refractivity contribution is -0.291.